The Hall–Kier alpha value is -2.28. The maximum absolute atomic E-state index is 10.8. The van der Waals surface area contributed by atoms with Gasteiger partial charge in [-0.3, -0.25) is 10.1 Å². The number of nitrogens with two attached hydrogens (primary N) is 1. The van der Waals surface area contributed by atoms with E-state index in [1.807, 2.05) is 6.92 Å². The Morgan fingerprint density at radius 3 is 2.84 bits per heavy atom. The minimum atomic E-state index is -0.404. The molecule has 2 rings (SSSR count). The molecule has 1 atom stereocenters. The van der Waals surface area contributed by atoms with Crippen molar-refractivity contribution >= 4 is 5.69 Å². The molecule has 7 nitrogen and oxygen atoms in total. The maximum Gasteiger partial charge on any atom is 0.272 e. The molecule has 0 bridgehead atoms. The Balaban J connectivity index is 2.35. The SMILES string of the molecule is CCC(N)c1cn(-c2ccc([N+](=O)[O-])c(C)c2)nn1. The van der Waals surface area contributed by atoms with Crippen LogP contribution < -0.4 is 5.73 Å². The fourth-order valence-electron chi connectivity index (χ4n) is 1.77. The number of aromatic nitrogens is 3. The molecular formula is C12H15N5O2. The lowest BCUT2D eigenvalue weighted by atomic mass is 10.2. The monoisotopic (exact) mass is 261 g/mol. The largest absolute Gasteiger partial charge is 0.323 e. The Kier molecular flexibility index (Phi) is 3.57. The summed E-state index contributed by atoms with van der Waals surface area (Å²) in [6, 6.07) is 4.66. The van der Waals surface area contributed by atoms with Crippen molar-refractivity contribution in [3.05, 3.63) is 45.8 Å². The van der Waals surface area contributed by atoms with Gasteiger partial charge in [0.2, 0.25) is 0 Å². The highest BCUT2D eigenvalue weighted by molar-refractivity contribution is 5.47. The quantitative estimate of drug-likeness (QED) is 0.669. The molecule has 0 aliphatic rings. The van der Waals surface area contributed by atoms with Gasteiger partial charge in [0.25, 0.3) is 5.69 Å². The number of aryl methyl sites for hydroxylation is 1. The predicted octanol–water partition coefficient (Wildman–Crippen LogP) is 1.89. The number of nitrogens with zero attached hydrogens (tertiary/aromatic N) is 4. The summed E-state index contributed by atoms with van der Waals surface area (Å²) in [5, 5.41) is 18.7. The summed E-state index contributed by atoms with van der Waals surface area (Å²) in [5.41, 5.74) is 7.98. The summed E-state index contributed by atoms with van der Waals surface area (Å²) in [6.07, 6.45) is 2.52. The molecule has 7 heteroatoms. The van der Waals surface area contributed by atoms with Crippen LogP contribution in [-0.2, 0) is 0 Å². The first kappa shape index (κ1) is 13.2. The van der Waals surface area contributed by atoms with E-state index in [1.165, 1.54) is 6.07 Å². The summed E-state index contributed by atoms with van der Waals surface area (Å²) in [4.78, 5) is 10.4. The van der Waals surface area contributed by atoms with Gasteiger partial charge in [-0.15, -0.1) is 5.10 Å². The molecule has 0 radical (unpaired) electrons. The second-order valence-corrected chi connectivity index (χ2v) is 4.33. The second kappa shape index (κ2) is 5.15. The van der Waals surface area contributed by atoms with Crippen molar-refractivity contribution < 1.29 is 4.92 Å². The molecule has 0 saturated carbocycles. The molecule has 2 N–H and O–H groups in total. The lowest BCUT2D eigenvalue weighted by Gasteiger charge is -2.03. The second-order valence-electron chi connectivity index (χ2n) is 4.33. The molecule has 0 aliphatic heterocycles. The van der Waals surface area contributed by atoms with Crippen LogP contribution in [0, 0.1) is 17.0 Å². The highest BCUT2D eigenvalue weighted by Gasteiger charge is 2.13. The van der Waals surface area contributed by atoms with E-state index >= 15 is 0 Å². The number of rotatable bonds is 4. The van der Waals surface area contributed by atoms with Gasteiger partial charge >= 0.3 is 0 Å². The van der Waals surface area contributed by atoms with Crippen molar-refractivity contribution in [2.75, 3.05) is 0 Å². The van der Waals surface area contributed by atoms with Gasteiger partial charge in [0.05, 0.1) is 28.5 Å². The smallest absolute Gasteiger partial charge is 0.272 e. The van der Waals surface area contributed by atoms with Crippen molar-refractivity contribution in [3.8, 4) is 5.69 Å². The van der Waals surface area contributed by atoms with Gasteiger partial charge in [0, 0.05) is 11.6 Å². The molecule has 0 saturated heterocycles. The van der Waals surface area contributed by atoms with E-state index in [4.69, 9.17) is 5.73 Å². The molecule has 100 valence electrons. The zero-order valence-electron chi connectivity index (χ0n) is 10.8. The van der Waals surface area contributed by atoms with E-state index in [1.54, 1.807) is 29.9 Å². The van der Waals surface area contributed by atoms with E-state index in [0.717, 1.165) is 12.1 Å². The summed E-state index contributed by atoms with van der Waals surface area (Å²) in [6.45, 7) is 3.66. The average Bonchev–Trinajstić information content (AvgIpc) is 2.86. The van der Waals surface area contributed by atoms with Crippen molar-refractivity contribution in [3.63, 3.8) is 0 Å². The van der Waals surface area contributed by atoms with Crippen LogP contribution in [0.1, 0.15) is 30.6 Å². The van der Waals surface area contributed by atoms with Gasteiger partial charge in [-0.05, 0) is 25.5 Å². The van der Waals surface area contributed by atoms with E-state index in [-0.39, 0.29) is 11.7 Å². The Labute approximate surface area is 110 Å². The van der Waals surface area contributed by atoms with Gasteiger partial charge in [0.15, 0.2) is 0 Å². The highest BCUT2D eigenvalue weighted by Crippen LogP contribution is 2.21. The normalized spacial score (nSPS) is 12.4. The molecule has 0 spiro atoms. The van der Waals surface area contributed by atoms with Crippen LogP contribution in [0.5, 0.6) is 0 Å². The van der Waals surface area contributed by atoms with Crippen LogP contribution in [0.3, 0.4) is 0 Å². The predicted molar refractivity (Wildman–Crippen MR) is 70.0 cm³/mol. The highest BCUT2D eigenvalue weighted by atomic mass is 16.6. The standard InChI is InChI=1S/C12H15N5O2/c1-3-10(13)11-7-16(15-14-11)9-4-5-12(17(18)19)8(2)6-9/h4-7,10H,3,13H2,1-2H3. The van der Waals surface area contributed by atoms with E-state index in [9.17, 15) is 10.1 Å². The van der Waals surface area contributed by atoms with Crippen molar-refractivity contribution in [2.45, 2.75) is 26.3 Å². The molecule has 19 heavy (non-hydrogen) atoms. The number of nitro benzene ring substituents is 1. The fraction of sp³-hybridized carbons (Fsp3) is 0.333. The minimum absolute atomic E-state index is 0.0920. The van der Waals surface area contributed by atoms with Crippen molar-refractivity contribution in [2.24, 2.45) is 5.73 Å². The molecule has 0 aliphatic carbocycles. The summed E-state index contributed by atoms with van der Waals surface area (Å²) in [5.74, 6) is 0. The van der Waals surface area contributed by atoms with Crippen molar-refractivity contribution in [1.82, 2.24) is 15.0 Å². The zero-order valence-corrected chi connectivity index (χ0v) is 10.8. The van der Waals surface area contributed by atoms with Crippen LogP contribution in [0.2, 0.25) is 0 Å². The zero-order chi connectivity index (χ0) is 14.0. The van der Waals surface area contributed by atoms with Crippen LogP contribution >= 0.6 is 0 Å². The van der Waals surface area contributed by atoms with E-state index in [0.29, 0.717) is 11.3 Å². The topological polar surface area (TPSA) is 99.9 Å². The third-order valence-electron chi connectivity index (χ3n) is 2.97. The Morgan fingerprint density at radius 1 is 1.53 bits per heavy atom. The van der Waals surface area contributed by atoms with Crippen LogP contribution in [0.4, 0.5) is 5.69 Å². The van der Waals surface area contributed by atoms with Gasteiger partial charge in [-0.25, -0.2) is 4.68 Å². The third kappa shape index (κ3) is 2.60. The van der Waals surface area contributed by atoms with Gasteiger partial charge in [-0.1, -0.05) is 12.1 Å². The van der Waals surface area contributed by atoms with Gasteiger partial charge < -0.3 is 5.73 Å². The number of benzene rings is 1. The summed E-state index contributed by atoms with van der Waals surface area (Å²) < 4.78 is 1.57. The average molecular weight is 261 g/mol. The number of nitro groups is 1. The summed E-state index contributed by atoms with van der Waals surface area (Å²) >= 11 is 0. The van der Waals surface area contributed by atoms with Crippen LogP contribution in [-0.4, -0.2) is 19.9 Å². The summed E-state index contributed by atoms with van der Waals surface area (Å²) in [7, 11) is 0. The third-order valence-corrected chi connectivity index (χ3v) is 2.97. The fourth-order valence-corrected chi connectivity index (χ4v) is 1.77. The molecule has 0 amide bonds. The number of hydrogen-bond donors (Lipinski definition) is 1. The molecule has 1 unspecified atom stereocenters. The lowest BCUT2D eigenvalue weighted by molar-refractivity contribution is -0.385. The van der Waals surface area contributed by atoms with E-state index in [2.05, 4.69) is 10.3 Å². The maximum atomic E-state index is 10.8. The molecule has 2 aromatic rings. The minimum Gasteiger partial charge on any atom is -0.323 e. The molecule has 1 heterocycles. The van der Waals surface area contributed by atoms with Crippen LogP contribution in [0.15, 0.2) is 24.4 Å². The molecule has 1 aromatic carbocycles. The van der Waals surface area contributed by atoms with Crippen LogP contribution in [0.25, 0.3) is 5.69 Å². The lowest BCUT2D eigenvalue weighted by Crippen LogP contribution is -2.08. The first-order valence-corrected chi connectivity index (χ1v) is 5.96. The van der Waals surface area contributed by atoms with Gasteiger partial charge in [-0.2, -0.15) is 0 Å². The van der Waals surface area contributed by atoms with Crippen molar-refractivity contribution in [1.29, 1.82) is 0 Å². The first-order chi connectivity index (χ1) is 9.02. The Bertz CT molecular complexity index is 608. The van der Waals surface area contributed by atoms with E-state index < -0.39 is 4.92 Å². The molecular weight excluding hydrogens is 246 g/mol. The molecule has 0 fully saturated rings. The number of hydrogen-bond acceptors (Lipinski definition) is 5. The van der Waals surface area contributed by atoms with Gasteiger partial charge in [0.1, 0.15) is 0 Å². The Morgan fingerprint density at radius 2 is 2.26 bits per heavy atom. The molecule has 1 aromatic heterocycles. The first-order valence-electron chi connectivity index (χ1n) is 5.96.